The van der Waals surface area contributed by atoms with Gasteiger partial charge in [-0.3, -0.25) is 14.4 Å². The smallest absolute Gasteiger partial charge is 0.314 e. The molecule has 0 fully saturated rings. The third-order valence-corrected chi connectivity index (χ3v) is 2.19. The first kappa shape index (κ1) is 10.2. The second-order valence-electron chi connectivity index (χ2n) is 3.32. The molecule has 0 amide bonds. The van der Waals surface area contributed by atoms with Crippen LogP contribution in [0.5, 0.6) is 0 Å². The van der Waals surface area contributed by atoms with Gasteiger partial charge in [-0.15, -0.1) is 0 Å². The number of hydrogen-bond acceptors (Lipinski definition) is 3. The molecule has 0 aliphatic carbocycles. The van der Waals surface area contributed by atoms with Crippen LogP contribution in [-0.2, 0) is 11.2 Å². The molecule has 82 valence electrons. The van der Waals surface area contributed by atoms with Crippen molar-refractivity contribution in [3.63, 3.8) is 0 Å². The van der Waals surface area contributed by atoms with Gasteiger partial charge in [0.25, 0.3) is 0 Å². The maximum absolute atomic E-state index is 11.1. The predicted molar refractivity (Wildman–Crippen MR) is 56.5 cm³/mol. The average molecular weight is 220 g/mol. The molecule has 6 nitrogen and oxygen atoms in total. The van der Waals surface area contributed by atoms with E-state index in [0.717, 1.165) is 0 Å². The van der Waals surface area contributed by atoms with Crippen molar-refractivity contribution in [3.05, 3.63) is 44.5 Å². The van der Waals surface area contributed by atoms with Gasteiger partial charge in [-0.1, -0.05) is 12.1 Å². The number of carboxylic acids is 1. The van der Waals surface area contributed by atoms with Gasteiger partial charge in [0.1, 0.15) is 0 Å². The van der Waals surface area contributed by atoms with Crippen LogP contribution in [0.4, 0.5) is 0 Å². The van der Waals surface area contributed by atoms with Crippen molar-refractivity contribution in [2.45, 2.75) is 6.42 Å². The zero-order valence-electron chi connectivity index (χ0n) is 8.11. The van der Waals surface area contributed by atoms with Gasteiger partial charge in [0.05, 0.1) is 17.5 Å². The third-order valence-electron chi connectivity index (χ3n) is 2.19. The van der Waals surface area contributed by atoms with E-state index in [4.69, 9.17) is 5.11 Å². The monoisotopic (exact) mass is 220 g/mol. The lowest BCUT2D eigenvalue weighted by Crippen LogP contribution is -2.29. The van der Waals surface area contributed by atoms with Crippen LogP contribution in [0.1, 0.15) is 5.56 Å². The molecule has 2 rings (SSSR count). The lowest BCUT2D eigenvalue weighted by atomic mass is 10.1. The molecule has 3 N–H and O–H groups in total. The van der Waals surface area contributed by atoms with Crippen molar-refractivity contribution in [2.75, 3.05) is 0 Å². The van der Waals surface area contributed by atoms with Crippen molar-refractivity contribution in [1.29, 1.82) is 0 Å². The largest absolute Gasteiger partial charge is 0.481 e. The van der Waals surface area contributed by atoms with Crippen LogP contribution in [0.3, 0.4) is 0 Å². The highest BCUT2D eigenvalue weighted by Crippen LogP contribution is 2.12. The molecule has 1 aromatic heterocycles. The van der Waals surface area contributed by atoms with Crippen molar-refractivity contribution in [3.8, 4) is 0 Å². The molecule has 0 bridgehead atoms. The van der Waals surface area contributed by atoms with Gasteiger partial charge in [-0.2, -0.15) is 0 Å². The minimum Gasteiger partial charge on any atom is -0.481 e. The highest BCUT2D eigenvalue weighted by Gasteiger charge is 2.07. The summed E-state index contributed by atoms with van der Waals surface area (Å²) in [7, 11) is 0. The lowest BCUT2D eigenvalue weighted by molar-refractivity contribution is -0.136. The van der Waals surface area contributed by atoms with Gasteiger partial charge in [-0.05, 0) is 11.6 Å². The molecular weight excluding hydrogens is 212 g/mol. The number of carbonyl (C=O) groups is 1. The van der Waals surface area contributed by atoms with E-state index in [-0.39, 0.29) is 6.42 Å². The summed E-state index contributed by atoms with van der Waals surface area (Å²) >= 11 is 0. The topological polar surface area (TPSA) is 103 Å². The molecule has 0 spiro atoms. The van der Waals surface area contributed by atoms with Crippen LogP contribution in [0.15, 0.2) is 27.8 Å². The number of hydrogen-bond donors (Lipinski definition) is 3. The van der Waals surface area contributed by atoms with E-state index in [0.29, 0.717) is 16.6 Å². The second-order valence-corrected chi connectivity index (χ2v) is 3.32. The number of rotatable bonds is 2. The minimum absolute atomic E-state index is 0.209. The van der Waals surface area contributed by atoms with E-state index >= 15 is 0 Å². The van der Waals surface area contributed by atoms with Crippen molar-refractivity contribution < 1.29 is 9.90 Å². The Morgan fingerprint density at radius 3 is 2.56 bits per heavy atom. The number of fused-ring (bicyclic) bond motifs is 1. The Balaban J connectivity index is 2.76. The summed E-state index contributed by atoms with van der Waals surface area (Å²) in [4.78, 5) is 37.5. The molecule has 0 saturated heterocycles. The zero-order valence-corrected chi connectivity index (χ0v) is 8.11. The van der Waals surface area contributed by atoms with E-state index in [9.17, 15) is 14.4 Å². The van der Waals surface area contributed by atoms with Gasteiger partial charge in [0.2, 0.25) is 0 Å². The van der Waals surface area contributed by atoms with Crippen molar-refractivity contribution in [1.82, 2.24) is 9.97 Å². The van der Waals surface area contributed by atoms with Gasteiger partial charge in [0.15, 0.2) is 0 Å². The van der Waals surface area contributed by atoms with E-state index in [2.05, 4.69) is 9.97 Å². The molecule has 16 heavy (non-hydrogen) atoms. The Morgan fingerprint density at radius 1 is 1.19 bits per heavy atom. The zero-order chi connectivity index (χ0) is 11.7. The fraction of sp³-hybridized carbons (Fsp3) is 0.100. The summed E-state index contributed by atoms with van der Waals surface area (Å²) in [6, 6.07) is 4.80. The fourth-order valence-electron chi connectivity index (χ4n) is 1.51. The molecule has 0 aliphatic rings. The van der Waals surface area contributed by atoms with Crippen LogP contribution >= 0.6 is 0 Å². The molecule has 6 heteroatoms. The summed E-state index contributed by atoms with van der Waals surface area (Å²) in [6.45, 7) is 0. The summed E-state index contributed by atoms with van der Waals surface area (Å²) in [5, 5.41) is 8.69. The Labute approximate surface area is 88.6 Å². The van der Waals surface area contributed by atoms with Crippen molar-refractivity contribution in [2.24, 2.45) is 0 Å². The maximum atomic E-state index is 11.1. The molecule has 0 aliphatic heterocycles. The minimum atomic E-state index is -1.00. The molecule has 0 atom stereocenters. The van der Waals surface area contributed by atoms with Crippen LogP contribution in [0.2, 0.25) is 0 Å². The maximum Gasteiger partial charge on any atom is 0.314 e. The Morgan fingerprint density at radius 2 is 1.88 bits per heavy atom. The second kappa shape index (κ2) is 3.65. The molecule has 1 heterocycles. The molecule has 0 radical (unpaired) electrons. The van der Waals surface area contributed by atoms with E-state index in [1.165, 1.54) is 0 Å². The van der Waals surface area contributed by atoms with E-state index in [1.54, 1.807) is 18.2 Å². The number of nitrogens with one attached hydrogen (secondary N) is 2. The van der Waals surface area contributed by atoms with Gasteiger partial charge in [0, 0.05) is 0 Å². The SMILES string of the molecule is O=C(O)Cc1cccc2[nH]c(=O)c(=O)[nH]c12. The van der Waals surface area contributed by atoms with Gasteiger partial charge >= 0.3 is 17.1 Å². The fourth-order valence-corrected chi connectivity index (χ4v) is 1.51. The summed E-state index contributed by atoms with van der Waals surface area (Å²) < 4.78 is 0. The molecule has 2 aromatic rings. The summed E-state index contributed by atoms with van der Waals surface area (Å²) in [5.41, 5.74) is -0.304. The number of H-pyrrole nitrogens is 2. The number of benzene rings is 1. The van der Waals surface area contributed by atoms with Crippen molar-refractivity contribution >= 4 is 17.0 Å². The number of aromatic amines is 2. The number of para-hydroxylation sites is 1. The summed E-state index contributed by atoms with van der Waals surface area (Å²) in [6.07, 6.45) is -0.209. The molecule has 0 unspecified atom stereocenters. The number of carboxylic acid groups (broad SMARTS) is 1. The highest BCUT2D eigenvalue weighted by atomic mass is 16.4. The quantitative estimate of drug-likeness (QED) is 0.612. The van der Waals surface area contributed by atoms with E-state index in [1.807, 2.05) is 0 Å². The van der Waals surface area contributed by atoms with E-state index < -0.39 is 17.1 Å². The Kier molecular flexibility index (Phi) is 2.32. The number of aliphatic carboxylic acids is 1. The van der Waals surface area contributed by atoms with Gasteiger partial charge < -0.3 is 15.1 Å². The molecule has 1 aromatic carbocycles. The highest BCUT2D eigenvalue weighted by molar-refractivity contribution is 5.82. The third kappa shape index (κ3) is 1.72. The van der Waals surface area contributed by atoms with Crippen LogP contribution in [0, 0.1) is 0 Å². The van der Waals surface area contributed by atoms with Crippen LogP contribution in [-0.4, -0.2) is 21.0 Å². The first-order valence-corrected chi connectivity index (χ1v) is 4.54. The Hall–Kier alpha value is -2.37. The first-order chi connectivity index (χ1) is 7.58. The Bertz CT molecular complexity index is 668. The van der Waals surface area contributed by atoms with Crippen LogP contribution in [0.25, 0.3) is 11.0 Å². The van der Waals surface area contributed by atoms with Gasteiger partial charge in [-0.25, -0.2) is 0 Å². The number of aromatic nitrogens is 2. The normalized spacial score (nSPS) is 10.5. The summed E-state index contributed by atoms with van der Waals surface area (Å²) in [5.74, 6) is -1.00. The standard InChI is InChI=1S/C10H8N2O4/c13-7(14)4-5-2-1-3-6-8(5)12-10(16)9(15)11-6/h1-3H,4H2,(H,11,15)(H,12,16)(H,13,14). The molecular formula is C10H8N2O4. The lowest BCUT2D eigenvalue weighted by Gasteiger charge is -2.02. The molecule has 0 saturated carbocycles. The predicted octanol–water partition coefficient (Wildman–Crippen LogP) is -0.156. The average Bonchev–Trinajstić information content (AvgIpc) is 2.20. The van der Waals surface area contributed by atoms with Crippen LogP contribution < -0.4 is 11.1 Å². The first-order valence-electron chi connectivity index (χ1n) is 4.54.